The van der Waals surface area contributed by atoms with Crippen molar-refractivity contribution in [2.24, 2.45) is 0 Å². The number of hydrogen-bond donors (Lipinski definition) is 2. The van der Waals surface area contributed by atoms with Crippen LogP contribution >= 0.6 is 11.6 Å². The van der Waals surface area contributed by atoms with Gasteiger partial charge in [-0.1, -0.05) is 11.6 Å². The number of halogens is 2. The Hall–Kier alpha value is -1.17. The van der Waals surface area contributed by atoms with E-state index < -0.39 is 5.82 Å². The average Bonchev–Trinajstić information content (AvgIpc) is 2.43. The Morgan fingerprint density at radius 1 is 1.47 bits per heavy atom. The third kappa shape index (κ3) is 3.65. The maximum absolute atomic E-state index is 13.1. The minimum absolute atomic E-state index is 0.172. The molecule has 0 spiro atoms. The Balaban J connectivity index is 2.01. The van der Waals surface area contributed by atoms with Crippen LogP contribution in [0.2, 0.25) is 5.02 Å². The van der Waals surface area contributed by atoms with Crippen LogP contribution < -0.4 is 10.6 Å². The van der Waals surface area contributed by atoms with Crippen molar-refractivity contribution in [2.75, 3.05) is 31.5 Å². The van der Waals surface area contributed by atoms with Crippen LogP contribution in [-0.2, 0) is 4.79 Å². The van der Waals surface area contributed by atoms with Gasteiger partial charge >= 0.3 is 0 Å². The van der Waals surface area contributed by atoms with E-state index in [0.717, 1.165) is 26.2 Å². The molecule has 2 N–H and O–H groups in total. The fourth-order valence-corrected chi connectivity index (χ4v) is 2.23. The topological polar surface area (TPSA) is 44.4 Å². The van der Waals surface area contributed by atoms with Gasteiger partial charge in [-0.15, -0.1) is 0 Å². The fraction of sp³-hybridized carbons (Fsp3) is 0.462. The summed E-state index contributed by atoms with van der Waals surface area (Å²) in [6, 6.07) is 3.66. The van der Waals surface area contributed by atoms with Crippen LogP contribution in [0.5, 0.6) is 0 Å². The lowest BCUT2D eigenvalue weighted by Gasteiger charge is -2.31. The summed E-state index contributed by atoms with van der Waals surface area (Å²) in [5.41, 5.74) is 0.314. The Kier molecular flexibility index (Phi) is 4.74. The van der Waals surface area contributed by atoms with Crippen molar-refractivity contribution in [3.63, 3.8) is 0 Å². The SMILES string of the molecule is CC(C(=O)Nc1cc(F)ccc1Cl)N1CCNCC1. The second-order valence-corrected chi connectivity index (χ2v) is 4.98. The lowest BCUT2D eigenvalue weighted by atomic mass is 10.2. The van der Waals surface area contributed by atoms with Crippen LogP contribution in [0.15, 0.2) is 18.2 Å². The quantitative estimate of drug-likeness (QED) is 0.889. The molecule has 19 heavy (non-hydrogen) atoms. The highest BCUT2D eigenvalue weighted by Crippen LogP contribution is 2.22. The summed E-state index contributed by atoms with van der Waals surface area (Å²) >= 11 is 5.93. The first-order valence-corrected chi connectivity index (χ1v) is 6.66. The molecule has 1 unspecified atom stereocenters. The highest BCUT2D eigenvalue weighted by molar-refractivity contribution is 6.33. The van der Waals surface area contributed by atoms with Gasteiger partial charge in [0.1, 0.15) is 5.82 Å². The molecule has 0 saturated carbocycles. The molecule has 4 nitrogen and oxygen atoms in total. The molecule has 1 heterocycles. The third-order valence-electron chi connectivity index (χ3n) is 3.27. The molecule has 1 aliphatic heterocycles. The van der Waals surface area contributed by atoms with E-state index in [1.165, 1.54) is 18.2 Å². The van der Waals surface area contributed by atoms with Crippen molar-refractivity contribution in [3.8, 4) is 0 Å². The molecule has 1 fully saturated rings. The van der Waals surface area contributed by atoms with E-state index in [2.05, 4.69) is 15.5 Å². The van der Waals surface area contributed by atoms with Crippen molar-refractivity contribution in [3.05, 3.63) is 29.0 Å². The summed E-state index contributed by atoms with van der Waals surface area (Å²) in [5, 5.41) is 6.24. The van der Waals surface area contributed by atoms with Crippen molar-refractivity contribution in [1.82, 2.24) is 10.2 Å². The number of anilines is 1. The number of carbonyl (C=O) groups excluding carboxylic acids is 1. The summed E-state index contributed by atoms with van der Waals surface area (Å²) < 4.78 is 13.1. The molecule has 2 rings (SSSR count). The van der Waals surface area contributed by atoms with E-state index in [-0.39, 0.29) is 11.9 Å². The number of carbonyl (C=O) groups is 1. The minimum atomic E-state index is -0.422. The van der Waals surface area contributed by atoms with Crippen molar-refractivity contribution in [2.45, 2.75) is 13.0 Å². The second kappa shape index (κ2) is 6.32. The van der Waals surface area contributed by atoms with Gasteiger partial charge in [-0.05, 0) is 25.1 Å². The highest BCUT2D eigenvalue weighted by atomic mass is 35.5. The Bertz CT molecular complexity index is 463. The predicted molar refractivity (Wildman–Crippen MR) is 73.9 cm³/mol. The van der Waals surface area contributed by atoms with Gasteiger partial charge in [0.15, 0.2) is 0 Å². The molecule has 0 aliphatic carbocycles. The maximum atomic E-state index is 13.1. The zero-order valence-electron chi connectivity index (χ0n) is 10.7. The van der Waals surface area contributed by atoms with Crippen LogP contribution in [0, 0.1) is 5.82 Å². The molecule has 0 aromatic heterocycles. The number of benzene rings is 1. The molecular weight excluding hydrogens is 269 g/mol. The largest absolute Gasteiger partial charge is 0.323 e. The number of amides is 1. The molecule has 6 heteroatoms. The van der Waals surface area contributed by atoms with Gasteiger partial charge in [0.25, 0.3) is 0 Å². The first-order chi connectivity index (χ1) is 9.08. The van der Waals surface area contributed by atoms with Crippen LogP contribution in [0.25, 0.3) is 0 Å². The lowest BCUT2D eigenvalue weighted by Crippen LogP contribution is -2.51. The predicted octanol–water partition coefficient (Wildman–Crippen LogP) is 1.71. The minimum Gasteiger partial charge on any atom is -0.323 e. The summed E-state index contributed by atoms with van der Waals surface area (Å²) in [4.78, 5) is 14.2. The number of nitrogens with one attached hydrogen (secondary N) is 2. The van der Waals surface area contributed by atoms with E-state index in [1.54, 1.807) is 0 Å². The van der Waals surface area contributed by atoms with E-state index in [1.807, 2.05) is 6.92 Å². The monoisotopic (exact) mass is 285 g/mol. The van der Waals surface area contributed by atoms with Crippen LogP contribution in [0.4, 0.5) is 10.1 Å². The lowest BCUT2D eigenvalue weighted by molar-refractivity contribution is -0.120. The average molecular weight is 286 g/mol. The normalized spacial score (nSPS) is 18.1. The maximum Gasteiger partial charge on any atom is 0.241 e. The summed E-state index contributed by atoms with van der Waals surface area (Å²) in [7, 11) is 0. The second-order valence-electron chi connectivity index (χ2n) is 4.58. The third-order valence-corrected chi connectivity index (χ3v) is 3.59. The smallest absolute Gasteiger partial charge is 0.241 e. The zero-order valence-corrected chi connectivity index (χ0v) is 11.5. The van der Waals surface area contributed by atoms with Gasteiger partial charge in [-0.3, -0.25) is 9.69 Å². The van der Waals surface area contributed by atoms with Gasteiger partial charge in [-0.2, -0.15) is 0 Å². The van der Waals surface area contributed by atoms with E-state index in [4.69, 9.17) is 11.6 Å². The molecular formula is C13H17ClFN3O. The van der Waals surface area contributed by atoms with Gasteiger partial charge < -0.3 is 10.6 Å². The summed E-state index contributed by atoms with van der Waals surface area (Å²) in [6.45, 7) is 5.24. The van der Waals surface area contributed by atoms with Crippen LogP contribution in [0.3, 0.4) is 0 Å². The molecule has 1 saturated heterocycles. The van der Waals surface area contributed by atoms with E-state index in [9.17, 15) is 9.18 Å². The Labute approximate surface area is 116 Å². The Morgan fingerprint density at radius 3 is 2.84 bits per heavy atom. The Morgan fingerprint density at radius 2 is 2.16 bits per heavy atom. The van der Waals surface area contributed by atoms with Gasteiger partial charge in [0.05, 0.1) is 16.8 Å². The van der Waals surface area contributed by atoms with E-state index in [0.29, 0.717) is 10.7 Å². The fourth-order valence-electron chi connectivity index (χ4n) is 2.07. The number of hydrogen-bond acceptors (Lipinski definition) is 3. The van der Waals surface area contributed by atoms with Gasteiger partial charge in [0.2, 0.25) is 5.91 Å². The molecule has 0 radical (unpaired) electrons. The summed E-state index contributed by atoms with van der Waals surface area (Å²) in [6.07, 6.45) is 0. The zero-order chi connectivity index (χ0) is 13.8. The molecule has 1 aromatic rings. The van der Waals surface area contributed by atoms with Gasteiger partial charge in [-0.25, -0.2) is 4.39 Å². The summed E-state index contributed by atoms with van der Waals surface area (Å²) in [5.74, 6) is -0.594. The van der Waals surface area contributed by atoms with Gasteiger partial charge in [0, 0.05) is 26.2 Å². The number of nitrogens with zero attached hydrogens (tertiary/aromatic N) is 1. The standard InChI is InChI=1S/C13H17ClFN3O/c1-9(18-6-4-16-5-7-18)13(19)17-12-8-10(15)2-3-11(12)14/h2-3,8-9,16H,4-7H2,1H3,(H,17,19). The number of rotatable bonds is 3. The molecule has 104 valence electrons. The first kappa shape index (κ1) is 14.2. The first-order valence-electron chi connectivity index (χ1n) is 6.28. The van der Waals surface area contributed by atoms with Crippen molar-refractivity contribution in [1.29, 1.82) is 0 Å². The van der Waals surface area contributed by atoms with E-state index >= 15 is 0 Å². The van der Waals surface area contributed by atoms with Crippen LogP contribution in [0.1, 0.15) is 6.92 Å². The highest BCUT2D eigenvalue weighted by Gasteiger charge is 2.23. The van der Waals surface area contributed by atoms with Crippen molar-refractivity contribution < 1.29 is 9.18 Å². The molecule has 1 aromatic carbocycles. The molecule has 1 amide bonds. The molecule has 1 aliphatic rings. The number of piperazine rings is 1. The molecule has 1 atom stereocenters. The van der Waals surface area contributed by atoms with Crippen LogP contribution in [-0.4, -0.2) is 43.0 Å². The molecule has 0 bridgehead atoms. The van der Waals surface area contributed by atoms with Crippen molar-refractivity contribution >= 4 is 23.2 Å².